The second kappa shape index (κ2) is 7.88. The van der Waals surface area contributed by atoms with E-state index in [1.165, 1.54) is 6.08 Å². The van der Waals surface area contributed by atoms with Crippen molar-refractivity contribution in [3.05, 3.63) is 48.3 Å². The molecule has 2 rings (SSSR count). The molecule has 0 radical (unpaired) electrons. The van der Waals surface area contributed by atoms with Gasteiger partial charge in [0.05, 0.1) is 12.1 Å². The second-order valence-electron chi connectivity index (χ2n) is 4.87. The van der Waals surface area contributed by atoms with Crippen LogP contribution < -0.4 is 4.74 Å². The van der Waals surface area contributed by atoms with Crippen LogP contribution in [0.2, 0.25) is 0 Å². The van der Waals surface area contributed by atoms with Gasteiger partial charge in [0, 0.05) is 24.6 Å². The Morgan fingerprint density at radius 1 is 1.35 bits per heavy atom. The molecule has 0 atom stereocenters. The number of allylic oxidation sites excluding steroid dienone is 2. The molecule has 1 amide bonds. The molecule has 122 valence electrons. The van der Waals surface area contributed by atoms with Crippen molar-refractivity contribution in [1.82, 2.24) is 4.90 Å². The van der Waals surface area contributed by atoms with Crippen LogP contribution in [-0.4, -0.2) is 31.0 Å². The summed E-state index contributed by atoms with van der Waals surface area (Å²) in [5, 5.41) is 1.33. The van der Waals surface area contributed by atoms with Crippen LogP contribution in [0.1, 0.15) is 19.6 Å². The highest BCUT2D eigenvalue weighted by atomic mass is 35.5. The van der Waals surface area contributed by atoms with E-state index in [2.05, 4.69) is 0 Å². The van der Waals surface area contributed by atoms with Crippen LogP contribution >= 0.6 is 11.6 Å². The predicted octanol–water partition coefficient (Wildman–Crippen LogP) is 4.45. The normalized spacial score (nSPS) is 12.1. The third-order valence-electron chi connectivity index (χ3n) is 3.52. The Labute approximate surface area is 141 Å². The molecular formula is C18H20ClNO3. The first-order valence-corrected chi connectivity index (χ1v) is 7.88. The molecule has 0 bridgehead atoms. The van der Waals surface area contributed by atoms with E-state index in [4.69, 9.17) is 20.8 Å². The quantitative estimate of drug-likeness (QED) is 0.579. The number of ether oxygens (including phenoxy) is 1. The smallest absolute Gasteiger partial charge is 0.246 e. The van der Waals surface area contributed by atoms with Gasteiger partial charge in [-0.15, -0.1) is 0 Å². The number of halogens is 1. The fourth-order valence-electron chi connectivity index (χ4n) is 2.25. The fourth-order valence-corrected chi connectivity index (χ4v) is 2.42. The third kappa shape index (κ3) is 3.96. The lowest BCUT2D eigenvalue weighted by Gasteiger charge is -2.15. The van der Waals surface area contributed by atoms with E-state index in [0.29, 0.717) is 35.2 Å². The topological polar surface area (TPSA) is 42.7 Å². The molecule has 4 nitrogen and oxygen atoms in total. The van der Waals surface area contributed by atoms with E-state index >= 15 is 0 Å². The van der Waals surface area contributed by atoms with Gasteiger partial charge in [0.15, 0.2) is 11.3 Å². The Balaban J connectivity index is 2.20. The lowest BCUT2D eigenvalue weighted by Crippen LogP contribution is -2.28. The molecule has 0 fully saturated rings. The first-order valence-electron chi connectivity index (χ1n) is 7.50. The van der Waals surface area contributed by atoms with Gasteiger partial charge < -0.3 is 14.1 Å². The standard InChI is InChI=1S/C18H20ClNO3/c1-4-20(5-2)17(21)11-7-9-14(19)16-12-13-8-6-10-15(22-3)18(13)23-16/h6-12H,4-5H2,1-3H3/b11-7+,14-9-. The number of carbonyl (C=O) groups excluding carboxylic acids is 1. The van der Waals surface area contributed by atoms with Gasteiger partial charge in [0.1, 0.15) is 5.76 Å². The van der Waals surface area contributed by atoms with Crippen molar-refractivity contribution in [2.45, 2.75) is 13.8 Å². The summed E-state index contributed by atoms with van der Waals surface area (Å²) in [5.41, 5.74) is 0.653. The minimum absolute atomic E-state index is 0.0398. The number of hydrogen-bond donors (Lipinski definition) is 0. The number of furan rings is 1. The van der Waals surface area contributed by atoms with Crippen molar-refractivity contribution in [2.24, 2.45) is 0 Å². The summed E-state index contributed by atoms with van der Waals surface area (Å²) in [4.78, 5) is 13.6. The minimum atomic E-state index is -0.0398. The highest BCUT2D eigenvalue weighted by Crippen LogP contribution is 2.32. The van der Waals surface area contributed by atoms with Crippen LogP contribution in [0.15, 0.2) is 46.9 Å². The number of nitrogens with zero attached hydrogens (tertiary/aromatic N) is 1. The maximum absolute atomic E-state index is 11.9. The number of carbonyl (C=O) groups is 1. The van der Waals surface area contributed by atoms with E-state index in [1.54, 1.807) is 24.2 Å². The van der Waals surface area contributed by atoms with Gasteiger partial charge in [-0.05, 0) is 32.1 Å². The van der Waals surface area contributed by atoms with Crippen molar-refractivity contribution in [3.63, 3.8) is 0 Å². The zero-order valence-electron chi connectivity index (χ0n) is 13.5. The van der Waals surface area contributed by atoms with Crippen LogP contribution in [-0.2, 0) is 4.79 Å². The summed E-state index contributed by atoms with van der Waals surface area (Å²) in [7, 11) is 1.59. The van der Waals surface area contributed by atoms with Gasteiger partial charge in [-0.3, -0.25) is 4.79 Å². The number of benzene rings is 1. The fraction of sp³-hybridized carbons (Fsp3) is 0.278. The molecule has 1 aromatic heterocycles. The summed E-state index contributed by atoms with van der Waals surface area (Å²) < 4.78 is 11.0. The Hall–Kier alpha value is -2.20. The average molecular weight is 334 g/mol. The number of likely N-dealkylation sites (N-methyl/N-ethyl adjacent to an activating group) is 1. The van der Waals surface area contributed by atoms with Crippen LogP contribution in [0.5, 0.6) is 5.75 Å². The Bertz CT molecular complexity index is 742. The number of hydrogen-bond acceptors (Lipinski definition) is 3. The van der Waals surface area contributed by atoms with Gasteiger partial charge in [-0.1, -0.05) is 29.8 Å². The van der Waals surface area contributed by atoms with Crippen LogP contribution in [0.25, 0.3) is 16.0 Å². The summed E-state index contributed by atoms with van der Waals surface area (Å²) in [5.74, 6) is 1.15. The first-order chi connectivity index (χ1) is 11.1. The van der Waals surface area contributed by atoms with E-state index < -0.39 is 0 Å². The molecule has 1 aromatic carbocycles. The van der Waals surface area contributed by atoms with E-state index in [0.717, 1.165) is 5.39 Å². The van der Waals surface area contributed by atoms with Crippen LogP contribution in [0, 0.1) is 0 Å². The molecule has 1 heterocycles. The lowest BCUT2D eigenvalue weighted by molar-refractivity contribution is -0.125. The Kier molecular flexibility index (Phi) is 5.88. The van der Waals surface area contributed by atoms with Gasteiger partial charge >= 0.3 is 0 Å². The number of methoxy groups -OCH3 is 1. The van der Waals surface area contributed by atoms with Crippen molar-refractivity contribution < 1.29 is 13.9 Å². The van der Waals surface area contributed by atoms with Crippen molar-refractivity contribution in [1.29, 1.82) is 0 Å². The SMILES string of the molecule is CCN(CC)C(=O)/C=C/C=C(\Cl)c1cc2cccc(OC)c2o1. The molecule has 5 heteroatoms. The Morgan fingerprint density at radius 3 is 2.74 bits per heavy atom. The van der Waals surface area contributed by atoms with Crippen LogP contribution in [0.4, 0.5) is 0 Å². The van der Waals surface area contributed by atoms with Crippen molar-refractivity contribution >= 4 is 33.5 Å². The maximum Gasteiger partial charge on any atom is 0.246 e. The zero-order valence-corrected chi connectivity index (χ0v) is 14.3. The summed E-state index contributed by atoms with van der Waals surface area (Å²) in [6.07, 6.45) is 4.78. The number of para-hydroxylation sites is 1. The summed E-state index contributed by atoms with van der Waals surface area (Å²) in [6.45, 7) is 5.25. The highest BCUT2D eigenvalue weighted by molar-refractivity contribution is 6.48. The molecular weight excluding hydrogens is 314 g/mol. The number of rotatable bonds is 6. The largest absolute Gasteiger partial charge is 0.493 e. The molecule has 0 aliphatic heterocycles. The average Bonchev–Trinajstić information content (AvgIpc) is 3.00. The molecule has 0 saturated heterocycles. The highest BCUT2D eigenvalue weighted by Gasteiger charge is 2.10. The molecule has 0 aliphatic carbocycles. The molecule has 2 aromatic rings. The number of fused-ring (bicyclic) bond motifs is 1. The van der Waals surface area contributed by atoms with Gasteiger partial charge in [0.25, 0.3) is 0 Å². The molecule has 0 aliphatic rings. The van der Waals surface area contributed by atoms with Gasteiger partial charge in [0.2, 0.25) is 5.91 Å². The zero-order chi connectivity index (χ0) is 16.8. The first kappa shape index (κ1) is 17.2. The summed E-state index contributed by atoms with van der Waals surface area (Å²) >= 11 is 6.25. The van der Waals surface area contributed by atoms with Gasteiger partial charge in [-0.2, -0.15) is 0 Å². The molecule has 0 saturated carbocycles. The second-order valence-corrected chi connectivity index (χ2v) is 5.28. The van der Waals surface area contributed by atoms with E-state index in [1.807, 2.05) is 38.1 Å². The van der Waals surface area contributed by atoms with Crippen molar-refractivity contribution in [3.8, 4) is 5.75 Å². The van der Waals surface area contributed by atoms with E-state index in [-0.39, 0.29) is 5.91 Å². The van der Waals surface area contributed by atoms with Gasteiger partial charge in [-0.25, -0.2) is 0 Å². The molecule has 0 N–H and O–H groups in total. The molecule has 23 heavy (non-hydrogen) atoms. The van der Waals surface area contributed by atoms with Crippen molar-refractivity contribution in [2.75, 3.05) is 20.2 Å². The third-order valence-corrected chi connectivity index (χ3v) is 3.83. The summed E-state index contributed by atoms with van der Waals surface area (Å²) in [6, 6.07) is 7.49. The predicted molar refractivity (Wildman–Crippen MR) is 93.7 cm³/mol. The van der Waals surface area contributed by atoms with E-state index in [9.17, 15) is 4.79 Å². The molecule has 0 spiro atoms. The minimum Gasteiger partial charge on any atom is -0.493 e. The monoisotopic (exact) mass is 333 g/mol. The lowest BCUT2D eigenvalue weighted by atomic mass is 10.2. The van der Waals surface area contributed by atoms with Crippen LogP contribution in [0.3, 0.4) is 0 Å². The molecule has 0 unspecified atom stereocenters. The maximum atomic E-state index is 11.9. The number of amides is 1. The Morgan fingerprint density at radius 2 is 2.09 bits per heavy atom.